The molecule has 1 aliphatic rings. The zero-order valence-electron chi connectivity index (χ0n) is 10.9. The molecule has 0 atom stereocenters. The van der Waals surface area contributed by atoms with Gasteiger partial charge in [-0.2, -0.15) is 5.26 Å². The molecule has 0 unspecified atom stereocenters. The van der Waals surface area contributed by atoms with Gasteiger partial charge in [0.25, 0.3) is 5.91 Å². The van der Waals surface area contributed by atoms with Gasteiger partial charge in [0.2, 0.25) is 0 Å². The molecule has 0 bridgehead atoms. The fraction of sp³-hybridized carbons (Fsp3) is 0.429. The number of nitriles is 1. The summed E-state index contributed by atoms with van der Waals surface area (Å²) in [6, 6.07) is 7.24. The van der Waals surface area contributed by atoms with Crippen LogP contribution in [-0.4, -0.2) is 37.0 Å². The number of carbonyl (C=O) groups is 1. The second-order valence-electron chi connectivity index (χ2n) is 4.57. The van der Waals surface area contributed by atoms with E-state index in [0.717, 1.165) is 12.8 Å². The summed E-state index contributed by atoms with van der Waals surface area (Å²) < 4.78 is 5.10. The van der Waals surface area contributed by atoms with Crippen molar-refractivity contribution < 1.29 is 9.53 Å². The number of amides is 1. The Kier molecular flexibility index (Phi) is 4.24. The summed E-state index contributed by atoms with van der Waals surface area (Å²) in [6.45, 7) is 1.42. The lowest BCUT2D eigenvalue weighted by molar-refractivity contribution is 0.0920. The van der Waals surface area contributed by atoms with Crippen molar-refractivity contribution in [2.45, 2.75) is 18.9 Å². The maximum absolute atomic E-state index is 12.1. The minimum atomic E-state index is -0.0886. The van der Waals surface area contributed by atoms with Gasteiger partial charge in [0, 0.05) is 24.7 Å². The minimum Gasteiger partial charge on any atom is -0.497 e. The average molecular weight is 259 g/mol. The van der Waals surface area contributed by atoms with Crippen molar-refractivity contribution in [3.8, 4) is 11.9 Å². The summed E-state index contributed by atoms with van der Waals surface area (Å²) in [5.41, 5.74) is 0.599. The van der Waals surface area contributed by atoms with Gasteiger partial charge < -0.3 is 15.0 Å². The van der Waals surface area contributed by atoms with Crippen molar-refractivity contribution >= 4 is 5.91 Å². The SMILES string of the molecule is COc1cccc(C(=O)NC2CCN(C#N)CC2)c1. The molecular weight excluding hydrogens is 242 g/mol. The Balaban J connectivity index is 1.92. The van der Waals surface area contributed by atoms with Crippen LogP contribution in [-0.2, 0) is 0 Å². The largest absolute Gasteiger partial charge is 0.497 e. The first-order chi connectivity index (χ1) is 9.22. The number of rotatable bonds is 3. The lowest BCUT2D eigenvalue weighted by Gasteiger charge is -2.28. The second-order valence-corrected chi connectivity index (χ2v) is 4.57. The number of hydrogen-bond acceptors (Lipinski definition) is 4. The highest BCUT2D eigenvalue weighted by molar-refractivity contribution is 5.94. The Labute approximate surface area is 112 Å². The van der Waals surface area contributed by atoms with Crippen molar-refractivity contribution in [3.63, 3.8) is 0 Å². The molecule has 0 aliphatic carbocycles. The van der Waals surface area contributed by atoms with Crippen LogP contribution in [0.15, 0.2) is 24.3 Å². The summed E-state index contributed by atoms with van der Waals surface area (Å²) in [4.78, 5) is 13.8. The third-order valence-corrected chi connectivity index (χ3v) is 3.30. The molecule has 0 radical (unpaired) electrons. The van der Waals surface area contributed by atoms with Crippen LogP contribution in [0, 0.1) is 11.5 Å². The van der Waals surface area contributed by atoms with Crippen LogP contribution in [0.2, 0.25) is 0 Å². The van der Waals surface area contributed by atoms with Crippen LogP contribution >= 0.6 is 0 Å². The summed E-state index contributed by atoms with van der Waals surface area (Å²) in [5, 5.41) is 11.8. The van der Waals surface area contributed by atoms with E-state index >= 15 is 0 Å². The molecule has 1 aromatic rings. The quantitative estimate of drug-likeness (QED) is 0.833. The minimum absolute atomic E-state index is 0.0886. The molecule has 100 valence electrons. The van der Waals surface area contributed by atoms with Crippen molar-refractivity contribution in [2.24, 2.45) is 0 Å². The normalized spacial score (nSPS) is 15.7. The third-order valence-electron chi connectivity index (χ3n) is 3.30. The number of hydrogen-bond donors (Lipinski definition) is 1. The van der Waals surface area contributed by atoms with Crippen LogP contribution in [0.3, 0.4) is 0 Å². The second kappa shape index (κ2) is 6.10. The van der Waals surface area contributed by atoms with E-state index < -0.39 is 0 Å². The summed E-state index contributed by atoms with van der Waals surface area (Å²) in [5.74, 6) is 0.584. The summed E-state index contributed by atoms with van der Waals surface area (Å²) >= 11 is 0. The Morgan fingerprint density at radius 3 is 2.84 bits per heavy atom. The molecule has 5 nitrogen and oxygen atoms in total. The van der Waals surface area contributed by atoms with E-state index in [2.05, 4.69) is 11.5 Å². The first kappa shape index (κ1) is 13.2. The van der Waals surface area contributed by atoms with Crippen LogP contribution in [0.4, 0.5) is 0 Å². The number of nitrogens with zero attached hydrogens (tertiary/aromatic N) is 2. The Hall–Kier alpha value is -2.22. The summed E-state index contributed by atoms with van der Waals surface area (Å²) in [6.07, 6.45) is 3.75. The van der Waals surface area contributed by atoms with Crippen molar-refractivity contribution in [1.82, 2.24) is 10.2 Å². The Morgan fingerprint density at radius 2 is 2.21 bits per heavy atom. The average Bonchev–Trinajstić information content (AvgIpc) is 2.48. The predicted octanol–water partition coefficient (Wildman–Crippen LogP) is 1.37. The molecule has 1 fully saturated rings. The van der Waals surface area contributed by atoms with E-state index in [1.54, 1.807) is 30.2 Å². The fourth-order valence-corrected chi connectivity index (χ4v) is 2.16. The number of carbonyl (C=O) groups excluding carboxylic acids is 1. The maximum Gasteiger partial charge on any atom is 0.251 e. The van der Waals surface area contributed by atoms with Crippen LogP contribution < -0.4 is 10.1 Å². The Bertz CT molecular complexity index is 488. The highest BCUT2D eigenvalue weighted by atomic mass is 16.5. The third kappa shape index (κ3) is 3.38. The molecule has 19 heavy (non-hydrogen) atoms. The van der Waals surface area contributed by atoms with Gasteiger partial charge in [-0.15, -0.1) is 0 Å². The van der Waals surface area contributed by atoms with E-state index in [1.165, 1.54) is 0 Å². The van der Waals surface area contributed by atoms with E-state index in [0.29, 0.717) is 24.4 Å². The smallest absolute Gasteiger partial charge is 0.251 e. The molecule has 5 heteroatoms. The fourth-order valence-electron chi connectivity index (χ4n) is 2.16. The zero-order valence-corrected chi connectivity index (χ0v) is 10.9. The topological polar surface area (TPSA) is 65.4 Å². The van der Waals surface area contributed by atoms with E-state index in [4.69, 9.17) is 10.00 Å². The number of likely N-dealkylation sites (tertiary alicyclic amines) is 1. The molecule has 0 spiro atoms. The monoisotopic (exact) mass is 259 g/mol. The molecule has 1 aromatic carbocycles. The van der Waals surface area contributed by atoms with Gasteiger partial charge in [-0.3, -0.25) is 4.79 Å². The zero-order chi connectivity index (χ0) is 13.7. The molecule has 0 saturated carbocycles. The molecular formula is C14H17N3O2. The lowest BCUT2D eigenvalue weighted by atomic mass is 10.0. The predicted molar refractivity (Wildman–Crippen MR) is 70.7 cm³/mol. The number of ether oxygens (including phenoxy) is 1. The first-order valence-corrected chi connectivity index (χ1v) is 6.32. The van der Waals surface area contributed by atoms with Crippen LogP contribution in [0.1, 0.15) is 23.2 Å². The van der Waals surface area contributed by atoms with Gasteiger partial charge in [-0.1, -0.05) is 6.07 Å². The molecule has 0 aromatic heterocycles. The van der Waals surface area contributed by atoms with Gasteiger partial charge in [0.15, 0.2) is 6.19 Å². The molecule has 1 heterocycles. The Morgan fingerprint density at radius 1 is 1.47 bits per heavy atom. The molecule has 2 rings (SSSR count). The molecule has 1 saturated heterocycles. The van der Waals surface area contributed by atoms with E-state index in [9.17, 15) is 4.79 Å². The number of piperidine rings is 1. The van der Waals surface area contributed by atoms with Gasteiger partial charge in [0.05, 0.1) is 7.11 Å². The van der Waals surface area contributed by atoms with Gasteiger partial charge in [-0.05, 0) is 31.0 Å². The summed E-state index contributed by atoms with van der Waals surface area (Å²) in [7, 11) is 1.58. The van der Waals surface area contributed by atoms with Crippen LogP contribution in [0.5, 0.6) is 5.75 Å². The molecule has 1 amide bonds. The van der Waals surface area contributed by atoms with Crippen molar-refractivity contribution in [3.05, 3.63) is 29.8 Å². The lowest BCUT2D eigenvalue weighted by Crippen LogP contribution is -2.43. The van der Waals surface area contributed by atoms with Gasteiger partial charge in [0.1, 0.15) is 5.75 Å². The van der Waals surface area contributed by atoms with Crippen molar-refractivity contribution in [1.29, 1.82) is 5.26 Å². The highest BCUT2D eigenvalue weighted by Crippen LogP contribution is 2.14. The number of benzene rings is 1. The van der Waals surface area contributed by atoms with Crippen LogP contribution in [0.25, 0.3) is 0 Å². The standard InChI is InChI=1S/C14H17N3O2/c1-19-13-4-2-3-11(9-13)14(18)16-12-5-7-17(10-15)8-6-12/h2-4,9,12H,5-8H2,1H3,(H,16,18). The number of methoxy groups -OCH3 is 1. The van der Waals surface area contributed by atoms with Gasteiger partial charge >= 0.3 is 0 Å². The maximum atomic E-state index is 12.1. The first-order valence-electron chi connectivity index (χ1n) is 6.32. The van der Waals surface area contributed by atoms with Gasteiger partial charge in [-0.25, -0.2) is 0 Å². The highest BCUT2D eigenvalue weighted by Gasteiger charge is 2.20. The van der Waals surface area contributed by atoms with E-state index in [1.807, 2.05) is 6.07 Å². The molecule has 1 aliphatic heterocycles. The van der Waals surface area contributed by atoms with E-state index in [-0.39, 0.29) is 11.9 Å². The van der Waals surface area contributed by atoms with Crippen molar-refractivity contribution in [2.75, 3.05) is 20.2 Å². The molecule has 1 N–H and O–H groups in total. The number of nitrogens with one attached hydrogen (secondary N) is 1.